The molecule has 4 aliphatic heterocycles. The van der Waals surface area contributed by atoms with Crippen LogP contribution in [0.5, 0.6) is 0 Å². The van der Waals surface area contributed by atoms with E-state index in [2.05, 4.69) is 155 Å². The van der Waals surface area contributed by atoms with Crippen LogP contribution in [0, 0.1) is 0 Å². The highest BCUT2D eigenvalue weighted by molar-refractivity contribution is 7.65. The quantitative estimate of drug-likeness (QED) is 0.174. The minimum Gasteiger partial charge on any atom is -0.322 e. The van der Waals surface area contributed by atoms with Gasteiger partial charge in [-0.25, -0.2) is 9.34 Å². The molecule has 5 aromatic rings. The lowest BCUT2D eigenvalue weighted by atomic mass is 9.79. The first-order valence-corrected chi connectivity index (χ1v) is 19.1. The zero-order valence-electron chi connectivity index (χ0n) is 25.9. The van der Waals surface area contributed by atoms with Crippen LogP contribution in [0.15, 0.2) is 146 Å². The third kappa shape index (κ3) is 4.36. The van der Waals surface area contributed by atoms with Crippen LogP contribution in [0.2, 0.25) is 0 Å². The lowest BCUT2D eigenvalue weighted by molar-refractivity contribution is 0.113. The van der Waals surface area contributed by atoms with E-state index in [1.165, 1.54) is 45.7 Å². The molecule has 0 aliphatic carbocycles. The topological polar surface area (TPSA) is 24.9 Å². The lowest BCUT2D eigenvalue weighted by Crippen LogP contribution is -2.40. The fourth-order valence-electron chi connectivity index (χ4n) is 8.48. The van der Waals surface area contributed by atoms with Gasteiger partial charge in [0.2, 0.25) is 0 Å². The SMILES string of the molecule is c1ccc(C2(c3ccccc3)OP(c3ccccc3P3OC(c4ccccc4)(c4ccccc4)[C@H]4CCCN43)N3CCC[C@@H]32)cc1. The molecule has 2 unspecified atom stereocenters. The van der Waals surface area contributed by atoms with Gasteiger partial charge >= 0.3 is 0 Å². The average Bonchev–Trinajstić information content (AvgIpc) is 3.93. The second kappa shape index (κ2) is 11.8. The van der Waals surface area contributed by atoms with Crippen molar-refractivity contribution >= 4 is 27.2 Å². The molecule has 6 heteroatoms. The van der Waals surface area contributed by atoms with E-state index in [4.69, 9.17) is 9.05 Å². The first kappa shape index (κ1) is 29.0. The molecule has 4 heterocycles. The zero-order chi connectivity index (χ0) is 30.6. The van der Waals surface area contributed by atoms with Crippen LogP contribution in [-0.2, 0) is 20.2 Å². The standard InChI is InChI=1S/C40H38N2O2P2/c1-5-17-31(18-6-1)39(32-19-7-2-8-20-32)37-27-15-29-41(37)45(43-39)35-25-13-14-26-36(35)46-42-30-16-28-38(42)40(44-46,33-21-9-3-10-22-33)34-23-11-4-12-24-34/h1-14,17-26,37-38H,15-16,27-30H2/t37-,38-,45?,46?/m1/s1. The third-order valence-electron chi connectivity index (χ3n) is 10.4. The highest BCUT2D eigenvalue weighted by Crippen LogP contribution is 2.67. The Morgan fingerprint density at radius 3 is 1.07 bits per heavy atom. The summed E-state index contributed by atoms with van der Waals surface area (Å²) in [6, 6.07) is 53.5. The van der Waals surface area contributed by atoms with Crippen LogP contribution in [0.4, 0.5) is 0 Å². The second-order valence-corrected chi connectivity index (χ2v) is 16.2. The molecule has 4 atom stereocenters. The maximum atomic E-state index is 7.63. The molecule has 0 bridgehead atoms. The number of nitrogens with zero attached hydrogens (tertiary/aromatic N) is 2. The van der Waals surface area contributed by atoms with Crippen LogP contribution in [0.3, 0.4) is 0 Å². The van der Waals surface area contributed by atoms with E-state index < -0.39 is 27.8 Å². The van der Waals surface area contributed by atoms with Crippen LogP contribution in [0.1, 0.15) is 47.9 Å². The molecule has 0 N–H and O–H groups in total. The van der Waals surface area contributed by atoms with Crippen molar-refractivity contribution in [3.05, 3.63) is 168 Å². The van der Waals surface area contributed by atoms with Crippen molar-refractivity contribution in [2.45, 2.75) is 49.0 Å². The Labute approximate surface area is 274 Å². The summed E-state index contributed by atoms with van der Waals surface area (Å²) >= 11 is 0. The van der Waals surface area contributed by atoms with Crippen LogP contribution in [-0.4, -0.2) is 34.5 Å². The summed E-state index contributed by atoms with van der Waals surface area (Å²) in [6.07, 6.45) is 4.60. The Hall–Kier alpha value is -3.20. The van der Waals surface area contributed by atoms with E-state index >= 15 is 0 Å². The smallest absolute Gasteiger partial charge is 0.140 e. The van der Waals surface area contributed by atoms with Gasteiger partial charge in [0.05, 0.1) is 12.1 Å². The average molecular weight is 641 g/mol. The first-order valence-electron chi connectivity index (χ1n) is 16.6. The normalized spacial score (nSPS) is 26.6. The van der Waals surface area contributed by atoms with Gasteiger partial charge in [0.25, 0.3) is 0 Å². The summed E-state index contributed by atoms with van der Waals surface area (Å²) in [7, 11) is -2.13. The van der Waals surface area contributed by atoms with Gasteiger partial charge in [-0.2, -0.15) is 0 Å². The van der Waals surface area contributed by atoms with Crippen LogP contribution in [0.25, 0.3) is 0 Å². The maximum Gasteiger partial charge on any atom is 0.140 e. The Kier molecular flexibility index (Phi) is 7.43. The largest absolute Gasteiger partial charge is 0.322 e. The first-order chi connectivity index (χ1) is 22.8. The molecule has 0 radical (unpaired) electrons. The molecule has 9 rings (SSSR count). The van der Waals surface area contributed by atoms with Gasteiger partial charge in [-0.3, -0.25) is 0 Å². The summed E-state index contributed by atoms with van der Waals surface area (Å²) < 4.78 is 20.7. The molecule has 4 fully saturated rings. The Balaban J connectivity index is 1.18. The van der Waals surface area contributed by atoms with E-state index in [-0.39, 0.29) is 12.1 Å². The van der Waals surface area contributed by atoms with Crippen molar-refractivity contribution in [3.63, 3.8) is 0 Å². The maximum absolute atomic E-state index is 7.63. The molecular formula is C40H38N2O2P2. The molecule has 4 aliphatic rings. The highest BCUT2D eigenvalue weighted by atomic mass is 31.2. The summed E-state index contributed by atoms with van der Waals surface area (Å²) in [6.45, 7) is 2.10. The van der Waals surface area contributed by atoms with Crippen molar-refractivity contribution in [2.75, 3.05) is 13.1 Å². The highest BCUT2D eigenvalue weighted by Gasteiger charge is 2.61. The summed E-state index contributed by atoms with van der Waals surface area (Å²) in [5.74, 6) is 0. The fourth-order valence-corrected chi connectivity index (χ4v) is 13.8. The Morgan fingerprint density at radius 1 is 0.435 bits per heavy atom. The van der Waals surface area contributed by atoms with Gasteiger partial charge in [0.15, 0.2) is 0 Å². The predicted molar refractivity (Wildman–Crippen MR) is 189 cm³/mol. The number of hydrogen-bond acceptors (Lipinski definition) is 4. The minimum atomic E-state index is -1.07. The molecule has 4 nitrogen and oxygen atoms in total. The fraction of sp³-hybridized carbons (Fsp3) is 0.250. The Morgan fingerprint density at radius 2 is 0.739 bits per heavy atom. The molecule has 0 spiro atoms. The lowest BCUT2D eigenvalue weighted by Gasteiger charge is -2.34. The van der Waals surface area contributed by atoms with E-state index in [1.807, 2.05) is 0 Å². The second-order valence-electron chi connectivity index (χ2n) is 12.8. The number of fused-ring (bicyclic) bond motifs is 2. The molecule has 230 valence electrons. The van der Waals surface area contributed by atoms with Crippen molar-refractivity contribution in [1.82, 2.24) is 9.34 Å². The number of benzene rings is 5. The van der Waals surface area contributed by atoms with Gasteiger partial charge in [0.1, 0.15) is 27.8 Å². The molecule has 4 saturated heterocycles. The van der Waals surface area contributed by atoms with E-state index in [0.29, 0.717) is 0 Å². The van der Waals surface area contributed by atoms with Gasteiger partial charge in [-0.15, -0.1) is 0 Å². The number of hydrogen-bond donors (Lipinski definition) is 0. The predicted octanol–water partition coefficient (Wildman–Crippen LogP) is 8.44. The Bertz CT molecular complexity index is 1590. The van der Waals surface area contributed by atoms with Gasteiger partial charge in [-0.1, -0.05) is 146 Å². The van der Waals surface area contributed by atoms with Gasteiger partial charge < -0.3 is 9.05 Å². The summed E-state index contributed by atoms with van der Waals surface area (Å²) in [4.78, 5) is 0. The zero-order valence-corrected chi connectivity index (χ0v) is 27.6. The molecule has 0 saturated carbocycles. The van der Waals surface area contributed by atoms with Crippen LogP contribution < -0.4 is 10.6 Å². The van der Waals surface area contributed by atoms with Crippen molar-refractivity contribution < 1.29 is 9.05 Å². The van der Waals surface area contributed by atoms with Crippen LogP contribution >= 0.6 is 16.6 Å². The minimum absolute atomic E-state index is 0.279. The number of rotatable bonds is 6. The van der Waals surface area contributed by atoms with Crippen molar-refractivity contribution in [3.8, 4) is 0 Å². The summed E-state index contributed by atoms with van der Waals surface area (Å²) in [5.41, 5.74) is 3.95. The summed E-state index contributed by atoms with van der Waals surface area (Å²) in [5, 5.41) is 2.62. The van der Waals surface area contributed by atoms with Gasteiger partial charge in [-0.05, 0) is 47.9 Å². The molecule has 0 amide bonds. The molecular weight excluding hydrogens is 602 g/mol. The monoisotopic (exact) mass is 640 g/mol. The molecule has 0 aromatic heterocycles. The van der Waals surface area contributed by atoms with Gasteiger partial charge in [0, 0.05) is 23.7 Å². The van der Waals surface area contributed by atoms with Crippen molar-refractivity contribution in [2.24, 2.45) is 0 Å². The van der Waals surface area contributed by atoms with E-state index in [1.54, 1.807) is 0 Å². The van der Waals surface area contributed by atoms with E-state index in [0.717, 1.165) is 25.9 Å². The molecule has 5 aromatic carbocycles. The van der Waals surface area contributed by atoms with E-state index in [9.17, 15) is 0 Å². The van der Waals surface area contributed by atoms with Crippen molar-refractivity contribution in [1.29, 1.82) is 0 Å². The molecule has 46 heavy (non-hydrogen) atoms. The third-order valence-corrected chi connectivity index (χ3v) is 15.0.